The predicted molar refractivity (Wildman–Crippen MR) is 89.8 cm³/mol. The summed E-state index contributed by atoms with van der Waals surface area (Å²) in [6.45, 7) is 0.806. The second-order valence-electron chi connectivity index (χ2n) is 6.10. The van der Waals surface area contributed by atoms with Crippen LogP contribution in [-0.2, 0) is 9.59 Å². The van der Waals surface area contributed by atoms with Gasteiger partial charge in [-0.05, 0) is 18.6 Å². The number of ether oxygens (including phenoxy) is 2. The second-order valence-corrected chi connectivity index (χ2v) is 6.10. The Morgan fingerprint density at radius 3 is 2.69 bits per heavy atom. The molecule has 2 aliphatic heterocycles. The molecule has 1 fully saturated rings. The minimum atomic E-state index is -0.730. The molecule has 1 aromatic rings. The molecule has 0 unspecified atom stereocenters. The highest BCUT2D eigenvalue weighted by Gasteiger charge is 2.35. The largest absolute Gasteiger partial charge is 0.486 e. The number of hydrogen-bond acceptors (Lipinski definition) is 7. The van der Waals surface area contributed by atoms with Crippen LogP contribution in [0.3, 0.4) is 0 Å². The minimum Gasteiger partial charge on any atom is -0.486 e. The lowest BCUT2D eigenvalue weighted by molar-refractivity contribution is -0.125. The van der Waals surface area contributed by atoms with Gasteiger partial charge in [-0.25, -0.2) is 4.79 Å². The van der Waals surface area contributed by atoms with E-state index < -0.39 is 30.0 Å². The number of urea groups is 1. The summed E-state index contributed by atoms with van der Waals surface area (Å²) in [7, 11) is 0. The molecule has 5 N–H and O–H groups in total. The number of imide groups is 1. The third-order valence-corrected chi connectivity index (χ3v) is 4.11. The van der Waals surface area contributed by atoms with Gasteiger partial charge in [-0.3, -0.25) is 19.8 Å². The number of fused-ring (bicyclic) bond motifs is 1. The van der Waals surface area contributed by atoms with Crippen molar-refractivity contribution in [2.75, 3.05) is 31.6 Å². The number of benzene rings is 1. The van der Waals surface area contributed by atoms with Crippen LogP contribution < -0.4 is 25.8 Å². The Kier molecular flexibility index (Phi) is 5.24. The van der Waals surface area contributed by atoms with E-state index in [9.17, 15) is 19.5 Å². The maximum atomic E-state index is 12.0. The molecule has 2 atom stereocenters. The zero-order valence-electron chi connectivity index (χ0n) is 13.9. The third kappa shape index (κ3) is 4.21. The van der Waals surface area contributed by atoms with Crippen molar-refractivity contribution in [2.45, 2.75) is 18.6 Å². The van der Waals surface area contributed by atoms with Crippen molar-refractivity contribution < 1.29 is 29.0 Å². The molecule has 1 aromatic carbocycles. The molecular formula is C16H20N4O6. The molecule has 0 bridgehead atoms. The molecule has 0 aromatic heterocycles. The van der Waals surface area contributed by atoms with Gasteiger partial charge in [0.25, 0.3) is 0 Å². The highest BCUT2D eigenvalue weighted by atomic mass is 16.6. The van der Waals surface area contributed by atoms with E-state index in [1.807, 2.05) is 0 Å². The highest BCUT2D eigenvalue weighted by molar-refractivity contribution is 6.02. The summed E-state index contributed by atoms with van der Waals surface area (Å²) in [5.74, 6) is -0.130. The molecule has 0 spiro atoms. The van der Waals surface area contributed by atoms with Crippen molar-refractivity contribution in [3.8, 4) is 11.5 Å². The van der Waals surface area contributed by atoms with E-state index in [0.717, 1.165) is 0 Å². The lowest BCUT2D eigenvalue weighted by Crippen LogP contribution is -2.47. The van der Waals surface area contributed by atoms with E-state index >= 15 is 0 Å². The first-order valence-electron chi connectivity index (χ1n) is 8.14. The number of carbonyl (C=O) groups excluding carboxylic acids is 3. The Morgan fingerprint density at radius 1 is 1.23 bits per heavy atom. The summed E-state index contributed by atoms with van der Waals surface area (Å²) in [4.78, 5) is 36.8. The van der Waals surface area contributed by atoms with Crippen LogP contribution >= 0.6 is 0 Å². The Hall–Kier alpha value is -2.85. The third-order valence-electron chi connectivity index (χ3n) is 4.11. The van der Waals surface area contributed by atoms with Crippen LogP contribution in [0, 0.1) is 0 Å². The van der Waals surface area contributed by atoms with Gasteiger partial charge >= 0.3 is 6.03 Å². The van der Waals surface area contributed by atoms with Crippen LogP contribution in [0.5, 0.6) is 11.5 Å². The topological polar surface area (TPSA) is 143 Å². The van der Waals surface area contributed by atoms with Crippen molar-refractivity contribution in [3.05, 3.63) is 18.2 Å². The molecule has 10 nitrogen and oxygen atoms in total. The van der Waals surface area contributed by atoms with Gasteiger partial charge in [0.05, 0.1) is 18.7 Å². The number of aliphatic hydroxyl groups excluding tert-OH is 1. The molecule has 0 radical (unpaired) electrons. The average Bonchev–Trinajstić information content (AvgIpc) is 2.95. The van der Waals surface area contributed by atoms with E-state index in [1.165, 1.54) is 4.90 Å². The van der Waals surface area contributed by atoms with Gasteiger partial charge in [0, 0.05) is 18.3 Å². The molecule has 0 saturated carbocycles. The second kappa shape index (κ2) is 7.58. The number of nitrogens with zero attached hydrogens (tertiary/aromatic N) is 1. The smallest absolute Gasteiger partial charge is 0.325 e. The van der Waals surface area contributed by atoms with Crippen molar-refractivity contribution in [1.29, 1.82) is 0 Å². The molecule has 0 aliphatic carbocycles. The number of rotatable bonds is 4. The number of aliphatic hydroxyl groups is 1. The number of primary amides is 1. The fourth-order valence-corrected chi connectivity index (χ4v) is 2.98. The van der Waals surface area contributed by atoms with Gasteiger partial charge in [0.1, 0.15) is 13.2 Å². The Balaban J connectivity index is 1.53. The van der Waals surface area contributed by atoms with Crippen molar-refractivity contribution >= 4 is 23.5 Å². The van der Waals surface area contributed by atoms with Crippen LogP contribution in [0.25, 0.3) is 0 Å². The van der Waals surface area contributed by atoms with Gasteiger partial charge in [0.15, 0.2) is 11.5 Å². The number of nitrogens with one attached hydrogen (secondary N) is 2. The van der Waals surface area contributed by atoms with Crippen molar-refractivity contribution in [1.82, 2.24) is 10.2 Å². The highest BCUT2D eigenvalue weighted by Crippen LogP contribution is 2.32. The summed E-state index contributed by atoms with van der Waals surface area (Å²) in [5, 5.41) is 14.3. The summed E-state index contributed by atoms with van der Waals surface area (Å²) in [5.41, 5.74) is 5.70. The summed E-state index contributed by atoms with van der Waals surface area (Å²) in [6, 6.07) is 3.43. The summed E-state index contributed by atoms with van der Waals surface area (Å²) < 4.78 is 10.8. The summed E-state index contributed by atoms with van der Waals surface area (Å²) in [6.07, 6.45) is -0.557. The fourth-order valence-electron chi connectivity index (χ4n) is 2.98. The molecule has 2 aliphatic rings. The number of hydrogen-bond donors (Lipinski definition) is 4. The van der Waals surface area contributed by atoms with Crippen LogP contribution in [-0.4, -0.2) is 66.3 Å². The van der Waals surface area contributed by atoms with Gasteiger partial charge in [0.2, 0.25) is 11.8 Å². The monoisotopic (exact) mass is 364 g/mol. The normalized spacial score (nSPS) is 21.9. The first-order chi connectivity index (χ1) is 12.4. The molecule has 1 saturated heterocycles. The van der Waals surface area contributed by atoms with E-state index in [4.69, 9.17) is 15.2 Å². The molecule has 4 amide bonds. The molecule has 140 valence electrons. The maximum Gasteiger partial charge on any atom is 0.325 e. The number of nitrogens with two attached hydrogens (primary N) is 1. The van der Waals surface area contributed by atoms with Gasteiger partial charge in [-0.1, -0.05) is 0 Å². The van der Waals surface area contributed by atoms with E-state index in [-0.39, 0.29) is 19.5 Å². The fraction of sp³-hybridized carbons (Fsp3) is 0.438. The predicted octanol–water partition coefficient (Wildman–Crippen LogP) is -0.974. The molecule has 2 heterocycles. The number of likely N-dealkylation sites (tertiary alicyclic amines) is 1. The van der Waals surface area contributed by atoms with Crippen molar-refractivity contribution in [2.24, 2.45) is 5.73 Å². The Morgan fingerprint density at radius 2 is 1.96 bits per heavy atom. The molecular weight excluding hydrogens is 344 g/mol. The van der Waals surface area contributed by atoms with Crippen LogP contribution in [0.2, 0.25) is 0 Å². The first-order valence-corrected chi connectivity index (χ1v) is 8.14. The number of carbonyl (C=O) groups is 3. The molecule has 10 heteroatoms. The minimum absolute atomic E-state index is 0.144. The Bertz CT molecular complexity index is 725. The lowest BCUT2D eigenvalue weighted by atomic mass is 10.2. The lowest BCUT2D eigenvalue weighted by Gasteiger charge is -2.20. The van der Waals surface area contributed by atoms with Crippen LogP contribution in [0.4, 0.5) is 10.5 Å². The average molecular weight is 364 g/mol. The zero-order chi connectivity index (χ0) is 18.7. The van der Waals surface area contributed by atoms with E-state index in [1.54, 1.807) is 18.2 Å². The maximum absolute atomic E-state index is 12.0. The quantitative estimate of drug-likeness (QED) is 0.538. The SMILES string of the molecule is NC(=O)[C@@H]1C[C@@H](O)CN1CC(=O)NC(=O)Nc1ccc2c(c1)OCCO2. The molecule has 3 rings (SSSR count). The zero-order valence-corrected chi connectivity index (χ0v) is 13.9. The number of β-amino-alcohol motifs (C(OH)–C–C–N with tert-alkyl or cyclic N) is 1. The van der Waals surface area contributed by atoms with Crippen LogP contribution in [0.1, 0.15) is 6.42 Å². The Labute approximate surface area is 149 Å². The van der Waals surface area contributed by atoms with Gasteiger partial charge in [-0.2, -0.15) is 0 Å². The van der Waals surface area contributed by atoms with Gasteiger partial charge < -0.3 is 25.6 Å². The first kappa shape index (κ1) is 18.0. The van der Waals surface area contributed by atoms with Gasteiger partial charge in [-0.15, -0.1) is 0 Å². The molecule has 26 heavy (non-hydrogen) atoms. The summed E-state index contributed by atoms with van der Waals surface area (Å²) >= 11 is 0. The number of anilines is 1. The van der Waals surface area contributed by atoms with E-state index in [2.05, 4.69) is 10.6 Å². The van der Waals surface area contributed by atoms with Crippen molar-refractivity contribution in [3.63, 3.8) is 0 Å². The number of amides is 4. The standard InChI is InChI=1S/C16H20N4O6/c17-15(23)11-6-10(21)7-20(11)8-14(22)19-16(24)18-9-1-2-12-13(5-9)26-4-3-25-12/h1-2,5,10-11,21H,3-4,6-8H2,(H2,17,23)(H2,18,19,22,24)/t10-,11+/m1/s1. The van der Waals surface area contributed by atoms with E-state index in [0.29, 0.717) is 30.4 Å². The van der Waals surface area contributed by atoms with Crippen LogP contribution in [0.15, 0.2) is 18.2 Å².